The second-order valence-electron chi connectivity index (χ2n) is 4.96. The first kappa shape index (κ1) is 13.0. The molecule has 0 aliphatic heterocycles. The molecule has 0 aliphatic carbocycles. The van der Waals surface area contributed by atoms with Crippen LogP contribution in [0.3, 0.4) is 0 Å². The van der Waals surface area contributed by atoms with E-state index in [1.807, 2.05) is 17.7 Å². The minimum Gasteiger partial charge on any atom is -0.294 e. The first-order chi connectivity index (χ1) is 8.58. The molecule has 0 amide bonds. The highest BCUT2D eigenvalue weighted by atomic mass is 32.1. The molecule has 0 unspecified atom stereocenters. The highest BCUT2D eigenvalue weighted by Gasteiger charge is 2.10. The van der Waals surface area contributed by atoms with E-state index >= 15 is 0 Å². The molecule has 1 nitrogen and oxygen atoms in total. The molecule has 0 atom stereocenters. The monoisotopic (exact) mass is 258 g/mol. The van der Waals surface area contributed by atoms with Crippen molar-refractivity contribution in [3.05, 3.63) is 57.3 Å². The molecule has 1 aromatic heterocycles. The number of hydrogen-bond donors (Lipinski definition) is 0. The third-order valence-electron chi connectivity index (χ3n) is 3.17. The second kappa shape index (κ2) is 5.49. The van der Waals surface area contributed by atoms with Gasteiger partial charge in [-0.05, 0) is 34.9 Å². The number of aryl methyl sites for hydroxylation is 1. The normalized spacial score (nSPS) is 10.9. The summed E-state index contributed by atoms with van der Waals surface area (Å²) in [6.45, 7) is 6.34. The summed E-state index contributed by atoms with van der Waals surface area (Å²) in [5, 5.41) is 3.97. The zero-order chi connectivity index (χ0) is 13.1. The average molecular weight is 258 g/mol. The van der Waals surface area contributed by atoms with Gasteiger partial charge in [-0.1, -0.05) is 38.1 Å². The van der Waals surface area contributed by atoms with E-state index in [-0.39, 0.29) is 5.78 Å². The van der Waals surface area contributed by atoms with Crippen molar-refractivity contribution in [2.75, 3.05) is 0 Å². The summed E-state index contributed by atoms with van der Waals surface area (Å²) in [5.41, 5.74) is 4.37. The molecular weight excluding hydrogens is 240 g/mol. The van der Waals surface area contributed by atoms with Gasteiger partial charge in [0.15, 0.2) is 5.78 Å². The van der Waals surface area contributed by atoms with Gasteiger partial charge < -0.3 is 0 Å². The van der Waals surface area contributed by atoms with Crippen molar-refractivity contribution in [1.82, 2.24) is 0 Å². The molecule has 2 heteroatoms. The summed E-state index contributed by atoms with van der Waals surface area (Å²) in [6, 6.07) is 8.37. The van der Waals surface area contributed by atoms with Crippen LogP contribution >= 0.6 is 11.3 Å². The highest BCUT2D eigenvalue weighted by Crippen LogP contribution is 2.18. The zero-order valence-corrected chi connectivity index (χ0v) is 11.9. The average Bonchev–Trinajstić information content (AvgIpc) is 2.76. The molecule has 0 fully saturated rings. The molecule has 0 saturated heterocycles. The van der Waals surface area contributed by atoms with Crippen LogP contribution in [-0.4, -0.2) is 5.78 Å². The van der Waals surface area contributed by atoms with Crippen LogP contribution in [0.2, 0.25) is 0 Å². The van der Waals surface area contributed by atoms with E-state index in [4.69, 9.17) is 0 Å². The Labute approximate surface area is 112 Å². The van der Waals surface area contributed by atoms with Gasteiger partial charge in [-0.25, -0.2) is 0 Å². The van der Waals surface area contributed by atoms with Gasteiger partial charge in [0.05, 0.1) is 0 Å². The number of Topliss-reactive ketones (excluding diaryl/α,β-unsaturated/α-hetero) is 1. The Kier molecular flexibility index (Phi) is 3.97. The van der Waals surface area contributed by atoms with Crippen LogP contribution in [0, 0.1) is 6.92 Å². The first-order valence-electron chi connectivity index (χ1n) is 6.22. The van der Waals surface area contributed by atoms with E-state index in [1.165, 1.54) is 5.56 Å². The minimum absolute atomic E-state index is 0.214. The quantitative estimate of drug-likeness (QED) is 0.732. The Bertz CT molecular complexity index is 534. The fourth-order valence-electron chi connectivity index (χ4n) is 1.95. The SMILES string of the molecule is Cc1cscc1C(=O)Cc1ccc(C(C)C)cc1. The molecule has 0 spiro atoms. The van der Waals surface area contributed by atoms with Crippen molar-refractivity contribution in [3.8, 4) is 0 Å². The van der Waals surface area contributed by atoms with E-state index < -0.39 is 0 Å². The van der Waals surface area contributed by atoms with Crippen molar-refractivity contribution in [2.45, 2.75) is 33.1 Å². The van der Waals surface area contributed by atoms with Crippen LogP contribution in [0.4, 0.5) is 0 Å². The Morgan fingerprint density at radius 2 is 1.83 bits per heavy atom. The molecule has 0 saturated carbocycles. The van der Waals surface area contributed by atoms with Gasteiger partial charge in [0.2, 0.25) is 0 Å². The lowest BCUT2D eigenvalue weighted by Gasteiger charge is -2.06. The van der Waals surface area contributed by atoms with Gasteiger partial charge in [-0.3, -0.25) is 4.79 Å². The summed E-state index contributed by atoms with van der Waals surface area (Å²) >= 11 is 1.59. The molecule has 94 valence electrons. The fraction of sp³-hybridized carbons (Fsp3) is 0.312. The lowest BCUT2D eigenvalue weighted by atomic mass is 9.98. The molecule has 2 aromatic rings. The van der Waals surface area contributed by atoms with Crippen molar-refractivity contribution >= 4 is 17.1 Å². The molecule has 1 heterocycles. The van der Waals surface area contributed by atoms with E-state index in [9.17, 15) is 4.79 Å². The summed E-state index contributed by atoms with van der Waals surface area (Å²) in [6.07, 6.45) is 0.496. The molecule has 0 radical (unpaired) electrons. The van der Waals surface area contributed by atoms with Gasteiger partial charge in [0.25, 0.3) is 0 Å². The number of benzene rings is 1. The van der Waals surface area contributed by atoms with Gasteiger partial charge in [-0.15, -0.1) is 0 Å². The second-order valence-corrected chi connectivity index (χ2v) is 5.71. The zero-order valence-electron chi connectivity index (χ0n) is 11.1. The maximum absolute atomic E-state index is 12.1. The van der Waals surface area contributed by atoms with Gasteiger partial charge in [0.1, 0.15) is 0 Å². The Hall–Kier alpha value is -1.41. The minimum atomic E-state index is 0.214. The number of carbonyl (C=O) groups is 1. The largest absolute Gasteiger partial charge is 0.294 e. The topological polar surface area (TPSA) is 17.1 Å². The lowest BCUT2D eigenvalue weighted by molar-refractivity contribution is 0.0993. The molecule has 18 heavy (non-hydrogen) atoms. The van der Waals surface area contributed by atoms with Gasteiger partial charge >= 0.3 is 0 Å². The molecule has 0 bridgehead atoms. The van der Waals surface area contributed by atoms with Crippen molar-refractivity contribution in [3.63, 3.8) is 0 Å². The Morgan fingerprint density at radius 1 is 1.17 bits per heavy atom. The van der Waals surface area contributed by atoms with Crippen molar-refractivity contribution in [1.29, 1.82) is 0 Å². The van der Waals surface area contributed by atoms with E-state index in [2.05, 4.69) is 38.1 Å². The lowest BCUT2D eigenvalue weighted by Crippen LogP contribution is -2.03. The predicted molar refractivity (Wildman–Crippen MR) is 77.6 cm³/mol. The van der Waals surface area contributed by atoms with Gasteiger partial charge in [-0.2, -0.15) is 11.3 Å². The van der Waals surface area contributed by atoms with Crippen LogP contribution < -0.4 is 0 Å². The first-order valence-corrected chi connectivity index (χ1v) is 7.17. The predicted octanol–water partition coefficient (Wildman–Crippen LogP) is 4.61. The number of ketones is 1. The van der Waals surface area contributed by atoms with E-state index in [0.29, 0.717) is 12.3 Å². The fourth-order valence-corrected chi connectivity index (χ4v) is 2.80. The molecule has 0 aliphatic rings. The number of rotatable bonds is 4. The summed E-state index contributed by atoms with van der Waals surface area (Å²) in [5.74, 6) is 0.750. The Balaban J connectivity index is 2.10. The van der Waals surface area contributed by atoms with Crippen molar-refractivity contribution in [2.24, 2.45) is 0 Å². The third kappa shape index (κ3) is 2.88. The molecular formula is C16H18OS. The molecule has 0 N–H and O–H groups in total. The Morgan fingerprint density at radius 3 is 2.33 bits per heavy atom. The maximum Gasteiger partial charge on any atom is 0.168 e. The van der Waals surface area contributed by atoms with Gasteiger partial charge in [0, 0.05) is 17.4 Å². The third-order valence-corrected chi connectivity index (χ3v) is 4.03. The number of thiophene rings is 1. The number of carbonyl (C=O) groups excluding carboxylic acids is 1. The summed E-state index contributed by atoms with van der Waals surface area (Å²) < 4.78 is 0. The van der Waals surface area contributed by atoms with E-state index in [0.717, 1.165) is 16.7 Å². The van der Waals surface area contributed by atoms with Crippen LogP contribution in [-0.2, 0) is 6.42 Å². The number of hydrogen-bond acceptors (Lipinski definition) is 2. The summed E-state index contributed by atoms with van der Waals surface area (Å²) in [7, 11) is 0. The van der Waals surface area contributed by atoms with Crippen LogP contribution in [0.5, 0.6) is 0 Å². The van der Waals surface area contributed by atoms with Crippen LogP contribution in [0.1, 0.15) is 46.8 Å². The maximum atomic E-state index is 12.1. The van der Waals surface area contributed by atoms with Crippen LogP contribution in [0.15, 0.2) is 35.0 Å². The van der Waals surface area contributed by atoms with E-state index in [1.54, 1.807) is 11.3 Å². The van der Waals surface area contributed by atoms with Crippen molar-refractivity contribution < 1.29 is 4.79 Å². The summed E-state index contributed by atoms with van der Waals surface area (Å²) in [4.78, 5) is 12.1. The highest BCUT2D eigenvalue weighted by molar-refractivity contribution is 7.08. The molecule has 2 rings (SSSR count). The standard InChI is InChI=1S/C16H18OS/c1-11(2)14-6-4-13(5-7-14)8-16(17)15-10-18-9-12(15)3/h4-7,9-11H,8H2,1-3H3. The smallest absolute Gasteiger partial charge is 0.168 e. The van der Waals surface area contributed by atoms with Crippen LogP contribution in [0.25, 0.3) is 0 Å². The molecule has 1 aromatic carbocycles.